The van der Waals surface area contributed by atoms with Gasteiger partial charge in [0.05, 0.1) is 12.2 Å². The van der Waals surface area contributed by atoms with E-state index in [2.05, 4.69) is 15.5 Å². The largest absolute Gasteiger partial charge is 0.348 e. The third-order valence-corrected chi connectivity index (χ3v) is 1.71. The van der Waals surface area contributed by atoms with E-state index in [1.165, 1.54) is 0 Å². The summed E-state index contributed by atoms with van der Waals surface area (Å²) < 4.78 is 0. The van der Waals surface area contributed by atoms with Crippen molar-refractivity contribution in [2.24, 2.45) is 0 Å². The summed E-state index contributed by atoms with van der Waals surface area (Å²) >= 11 is 0. The van der Waals surface area contributed by atoms with Crippen molar-refractivity contribution in [3.05, 3.63) is 24.0 Å². The highest BCUT2D eigenvalue weighted by atomic mass is 16.2. The number of aromatic nitrogens is 2. The van der Waals surface area contributed by atoms with Crippen LogP contribution in [0, 0.1) is 0 Å². The zero-order valence-corrected chi connectivity index (χ0v) is 8.40. The highest BCUT2D eigenvalue weighted by Gasteiger charge is 2.02. The van der Waals surface area contributed by atoms with Crippen LogP contribution in [-0.2, 0) is 11.3 Å². The number of hydrogen-bond acceptors (Lipinski definition) is 4. The number of nitrogens with one attached hydrogen (secondary N) is 1. The molecule has 14 heavy (non-hydrogen) atoms. The fourth-order valence-corrected chi connectivity index (χ4v) is 0.883. The molecule has 0 fully saturated rings. The summed E-state index contributed by atoms with van der Waals surface area (Å²) in [4.78, 5) is 12.7. The number of rotatable bonds is 4. The van der Waals surface area contributed by atoms with Crippen molar-refractivity contribution in [2.45, 2.75) is 6.54 Å². The normalized spacial score (nSPS) is 9.86. The van der Waals surface area contributed by atoms with Gasteiger partial charge >= 0.3 is 0 Å². The predicted octanol–water partition coefficient (Wildman–Crippen LogP) is -0.346. The standard InChI is InChI=1S/C9H14N4O/c1-13(2)9(14)7-10-6-8-4-3-5-11-12-8/h3-5,10H,6-7H2,1-2H3. The predicted molar refractivity (Wildman–Crippen MR) is 52.4 cm³/mol. The molecule has 0 bridgehead atoms. The number of carbonyl (C=O) groups is 1. The fourth-order valence-electron chi connectivity index (χ4n) is 0.883. The van der Waals surface area contributed by atoms with Gasteiger partial charge in [-0.2, -0.15) is 10.2 Å². The minimum absolute atomic E-state index is 0.0499. The molecular formula is C9H14N4O. The van der Waals surface area contributed by atoms with Crippen LogP contribution in [0.15, 0.2) is 18.3 Å². The first-order valence-corrected chi connectivity index (χ1v) is 4.37. The maximum atomic E-state index is 11.2. The topological polar surface area (TPSA) is 58.1 Å². The van der Waals surface area contributed by atoms with E-state index in [-0.39, 0.29) is 5.91 Å². The Balaban J connectivity index is 2.26. The quantitative estimate of drug-likeness (QED) is 0.712. The summed E-state index contributed by atoms with van der Waals surface area (Å²) in [5.74, 6) is 0.0499. The lowest BCUT2D eigenvalue weighted by atomic mass is 10.4. The van der Waals surface area contributed by atoms with Gasteiger partial charge in [-0.1, -0.05) is 0 Å². The van der Waals surface area contributed by atoms with Crippen LogP contribution in [0.25, 0.3) is 0 Å². The van der Waals surface area contributed by atoms with Gasteiger partial charge in [0.1, 0.15) is 0 Å². The van der Waals surface area contributed by atoms with Gasteiger partial charge in [-0.15, -0.1) is 0 Å². The summed E-state index contributed by atoms with van der Waals surface area (Å²) in [7, 11) is 3.46. The van der Waals surface area contributed by atoms with E-state index in [4.69, 9.17) is 0 Å². The minimum atomic E-state index is 0.0499. The van der Waals surface area contributed by atoms with Crippen LogP contribution in [0.4, 0.5) is 0 Å². The van der Waals surface area contributed by atoms with Crippen molar-refractivity contribution < 1.29 is 4.79 Å². The van der Waals surface area contributed by atoms with Crippen molar-refractivity contribution in [1.82, 2.24) is 20.4 Å². The van der Waals surface area contributed by atoms with Crippen molar-refractivity contribution in [3.63, 3.8) is 0 Å². The van der Waals surface area contributed by atoms with E-state index < -0.39 is 0 Å². The third kappa shape index (κ3) is 3.49. The van der Waals surface area contributed by atoms with Crippen LogP contribution in [0.3, 0.4) is 0 Å². The second kappa shape index (κ2) is 5.29. The number of amides is 1. The van der Waals surface area contributed by atoms with Gasteiger partial charge in [-0.05, 0) is 12.1 Å². The Morgan fingerprint density at radius 3 is 2.93 bits per heavy atom. The zero-order valence-electron chi connectivity index (χ0n) is 8.40. The Labute approximate surface area is 83.1 Å². The van der Waals surface area contributed by atoms with E-state index >= 15 is 0 Å². The van der Waals surface area contributed by atoms with Crippen LogP contribution in [0.5, 0.6) is 0 Å². The van der Waals surface area contributed by atoms with Crippen LogP contribution >= 0.6 is 0 Å². The number of carbonyl (C=O) groups excluding carboxylic acids is 1. The Hall–Kier alpha value is -1.49. The summed E-state index contributed by atoms with van der Waals surface area (Å²) in [5.41, 5.74) is 0.832. The van der Waals surface area contributed by atoms with Crippen molar-refractivity contribution in [1.29, 1.82) is 0 Å². The molecule has 0 aliphatic carbocycles. The lowest BCUT2D eigenvalue weighted by Gasteiger charge is -2.10. The molecule has 76 valence electrons. The molecule has 0 saturated carbocycles. The van der Waals surface area contributed by atoms with Gasteiger partial charge in [0.25, 0.3) is 0 Å². The Morgan fingerprint density at radius 1 is 1.57 bits per heavy atom. The molecular weight excluding hydrogens is 180 g/mol. The number of nitrogens with zero attached hydrogens (tertiary/aromatic N) is 3. The lowest BCUT2D eigenvalue weighted by Crippen LogP contribution is -2.32. The molecule has 0 atom stereocenters. The second-order valence-electron chi connectivity index (χ2n) is 3.11. The third-order valence-electron chi connectivity index (χ3n) is 1.71. The highest BCUT2D eigenvalue weighted by molar-refractivity contribution is 5.77. The maximum Gasteiger partial charge on any atom is 0.236 e. The summed E-state index contributed by atoms with van der Waals surface area (Å²) in [6, 6.07) is 3.68. The molecule has 1 aromatic rings. The average Bonchev–Trinajstić information content (AvgIpc) is 2.19. The van der Waals surface area contributed by atoms with Gasteiger partial charge in [0.2, 0.25) is 5.91 Å². The van der Waals surface area contributed by atoms with Gasteiger partial charge in [-0.25, -0.2) is 0 Å². The molecule has 0 aliphatic rings. The number of hydrogen-bond donors (Lipinski definition) is 1. The first-order valence-electron chi connectivity index (χ1n) is 4.37. The average molecular weight is 194 g/mol. The van der Waals surface area contributed by atoms with Gasteiger partial charge < -0.3 is 10.2 Å². The lowest BCUT2D eigenvalue weighted by molar-refractivity contribution is -0.127. The number of likely N-dealkylation sites (N-methyl/N-ethyl adjacent to an activating group) is 1. The van der Waals surface area contributed by atoms with E-state index in [9.17, 15) is 4.79 Å². The smallest absolute Gasteiger partial charge is 0.236 e. The van der Waals surface area contributed by atoms with Gasteiger partial charge in [0, 0.05) is 26.8 Å². The van der Waals surface area contributed by atoms with Gasteiger partial charge in [0.15, 0.2) is 0 Å². The van der Waals surface area contributed by atoms with Crippen molar-refractivity contribution >= 4 is 5.91 Å². The Bertz CT molecular complexity index is 286. The minimum Gasteiger partial charge on any atom is -0.348 e. The fraction of sp³-hybridized carbons (Fsp3) is 0.444. The molecule has 1 amide bonds. The molecule has 0 spiro atoms. The molecule has 1 heterocycles. The van der Waals surface area contributed by atoms with Crippen molar-refractivity contribution in [2.75, 3.05) is 20.6 Å². The highest BCUT2D eigenvalue weighted by Crippen LogP contribution is 1.89. The maximum absolute atomic E-state index is 11.2. The van der Waals surface area contributed by atoms with E-state index in [0.29, 0.717) is 13.1 Å². The van der Waals surface area contributed by atoms with Gasteiger partial charge in [-0.3, -0.25) is 4.79 Å². The zero-order chi connectivity index (χ0) is 10.4. The van der Waals surface area contributed by atoms with E-state index in [1.54, 1.807) is 25.2 Å². The monoisotopic (exact) mass is 194 g/mol. The Morgan fingerprint density at radius 2 is 2.36 bits per heavy atom. The first kappa shape index (κ1) is 10.6. The van der Waals surface area contributed by atoms with E-state index in [0.717, 1.165) is 5.69 Å². The van der Waals surface area contributed by atoms with Crippen LogP contribution in [0.2, 0.25) is 0 Å². The Kier molecular flexibility index (Phi) is 4.00. The summed E-state index contributed by atoms with van der Waals surface area (Å²) in [6.45, 7) is 0.886. The molecule has 1 N–H and O–H groups in total. The van der Waals surface area contributed by atoms with Crippen LogP contribution in [0.1, 0.15) is 5.69 Å². The first-order chi connectivity index (χ1) is 6.70. The second-order valence-corrected chi connectivity index (χ2v) is 3.11. The summed E-state index contributed by atoms with van der Waals surface area (Å²) in [6.07, 6.45) is 1.62. The molecule has 0 radical (unpaired) electrons. The molecule has 5 nitrogen and oxygen atoms in total. The molecule has 0 aromatic carbocycles. The SMILES string of the molecule is CN(C)C(=O)CNCc1cccnn1. The van der Waals surface area contributed by atoms with Crippen LogP contribution in [-0.4, -0.2) is 41.6 Å². The van der Waals surface area contributed by atoms with Crippen molar-refractivity contribution in [3.8, 4) is 0 Å². The van der Waals surface area contributed by atoms with Crippen LogP contribution < -0.4 is 5.32 Å². The molecule has 0 unspecified atom stereocenters. The van der Waals surface area contributed by atoms with E-state index in [1.807, 2.05) is 12.1 Å². The molecule has 1 aromatic heterocycles. The molecule has 0 aliphatic heterocycles. The summed E-state index contributed by atoms with van der Waals surface area (Å²) in [5, 5.41) is 10.6. The molecule has 0 saturated heterocycles. The molecule has 1 rings (SSSR count). The molecule has 5 heteroatoms.